The molecule has 18 heteroatoms. The third kappa shape index (κ3) is 12.0. The predicted octanol–water partition coefficient (Wildman–Crippen LogP) is 2.33. The Morgan fingerprint density at radius 1 is 0.526 bits per heavy atom. The van der Waals surface area contributed by atoms with Gasteiger partial charge in [-0.2, -0.15) is 4.99 Å². The van der Waals surface area contributed by atoms with Crippen LogP contribution in [0.3, 0.4) is 0 Å². The molecule has 0 aromatic carbocycles. The highest BCUT2D eigenvalue weighted by Gasteiger charge is 2.39. The number of amidine groups is 1. The largest absolute Gasteiger partial charge is 0.505 e. The van der Waals surface area contributed by atoms with Gasteiger partial charge in [0.05, 0.1) is 14.8 Å². The second-order valence-electron chi connectivity index (χ2n) is 5.94. The van der Waals surface area contributed by atoms with Gasteiger partial charge in [-0.3, -0.25) is 30.3 Å². The first-order chi connectivity index (χ1) is 18.3. The third-order valence-electron chi connectivity index (χ3n) is 3.49. The molecule has 0 aromatic heterocycles. The van der Waals surface area contributed by atoms with E-state index < -0.39 is 43.4 Å². The Labute approximate surface area is 213 Å². The molecule has 0 amide bonds. The average Bonchev–Trinajstić information content (AvgIpc) is 2.85. The summed E-state index contributed by atoms with van der Waals surface area (Å²) in [5, 5.41) is 44.8. The van der Waals surface area contributed by atoms with Crippen LogP contribution < -0.4 is 0 Å². The van der Waals surface area contributed by atoms with E-state index in [0.29, 0.717) is 12.7 Å². The lowest BCUT2D eigenvalue weighted by Gasteiger charge is -1.98. The summed E-state index contributed by atoms with van der Waals surface area (Å²) in [6.07, 6.45) is 17.1. The zero-order valence-corrected chi connectivity index (χ0v) is 19.0. The molecule has 0 unspecified atom stereocenters. The second kappa shape index (κ2) is 17.5. The first-order valence-corrected chi connectivity index (χ1v) is 9.79. The molecule has 194 valence electrons. The number of nitro groups is 4. The number of nitrogens with zero attached hydrogens (tertiary/aromatic N) is 10. The van der Waals surface area contributed by atoms with E-state index in [1.807, 2.05) is 0 Å². The Hall–Kier alpha value is -5.94. The van der Waals surface area contributed by atoms with Crippen molar-refractivity contribution in [3.8, 4) is 0 Å². The van der Waals surface area contributed by atoms with E-state index in [-0.39, 0.29) is 0 Å². The fourth-order valence-corrected chi connectivity index (χ4v) is 2.00. The molecule has 0 bridgehead atoms. The molecule has 0 aliphatic carbocycles. The molecule has 0 atom stereocenters. The summed E-state index contributed by atoms with van der Waals surface area (Å²) >= 11 is 0. The summed E-state index contributed by atoms with van der Waals surface area (Å²) < 4.78 is 0. The molecule has 0 fully saturated rings. The molecule has 18 nitrogen and oxygen atoms in total. The molecule has 0 saturated carbocycles. The van der Waals surface area contributed by atoms with Crippen molar-refractivity contribution in [2.24, 2.45) is 30.0 Å². The van der Waals surface area contributed by atoms with Gasteiger partial charge in [0.25, 0.3) is 0 Å². The van der Waals surface area contributed by atoms with Crippen molar-refractivity contribution in [3.63, 3.8) is 0 Å². The molecule has 0 spiro atoms. The minimum Gasteiger partial charge on any atom is -0.358 e. The molecule has 1 aliphatic rings. The SMILES string of the molecule is O=[N+]([O-])[C]1\C=C/C=C/C=C/C=C/C=C\C=C(\[N+](=O)[O-])[C]([N+](=O)[O-])/N=C\N=CN=CN=CN=CN=C1[N+](=O)[O-]. The van der Waals surface area contributed by atoms with E-state index in [9.17, 15) is 40.5 Å². The van der Waals surface area contributed by atoms with E-state index >= 15 is 0 Å². The first-order valence-electron chi connectivity index (χ1n) is 9.79. The first kappa shape index (κ1) is 30.1. The van der Waals surface area contributed by atoms with Gasteiger partial charge in [0.15, 0.2) is 0 Å². The summed E-state index contributed by atoms with van der Waals surface area (Å²) in [5.41, 5.74) is -0.891. The smallest absolute Gasteiger partial charge is 0.358 e. The minimum atomic E-state index is -1.07. The fourth-order valence-electron chi connectivity index (χ4n) is 2.00. The molecular weight excluding hydrogens is 508 g/mol. The Morgan fingerprint density at radius 3 is 1.53 bits per heavy atom. The van der Waals surface area contributed by atoms with E-state index in [0.717, 1.165) is 31.2 Å². The van der Waals surface area contributed by atoms with Crippen molar-refractivity contribution in [2.75, 3.05) is 0 Å². The van der Waals surface area contributed by atoms with Crippen molar-refractivity contribution in [1.82, 2.24) is 0 Å². The lowest BCUT2D eigenvalue weighted by molar-refractivity contribution is -0.509. The van der Waals surface area contributed by atoms with Crippen LogP contribution in [0, 0.1) is 52.7 Å². The van der Waals surface area contributed by atoms with Crippen molar-refractivity contribution in [3.05, 3.63) is 125 Å². The molecule has 1 aliphatic heterocycles. The molecule has 0 saturated heterocycles. The second-order valence-corrected chi connectivity index (χ2v) is 5.94. The Bertz CT molecular complexity index is 1160. The molecule has 1 heterocycles. The monoisotopic (exact) mass is 524 g/mol. The summed E-state index contributed by atoms with van der Waals surface area (Å²) in [4.78, 5) is 61.6. The molecule has 0 aromatic rings. The Morgan fingerprint density at radius 2 is 1.03 bits per heavy atom. The quantitative estimate of drug-likeness (QED) is 0.390. The maximum atomic E-state index is 11.2. The molecule has 0 N–H and O–H groups in total. The summed E-state index contributed by atoms with van der Waals surface area (Å²) in [6, 6.07) is -0.891. The Kier molecular flexibility index (Phi) is 13.8. The van der Waals surface area contributed by atoms with E-state index in [1.54, 1.807) is 0 Å². The minimum absolute atomic E-state index is 0.659. The van der Waals surface area contributed by atoms with Crippen LogP contribution in [0.5, 0.6) is 0 Å². The van der Waals surface area contributed by atoms with Gasteiger partial charge >= 0.3 is 23.7 Å². The van der Waals surface area contributed by atoms with Crippen molar-refractivity contribution in [2.45, 2.75) is 0 Å². The maximum Gasteiger partial charge on any atom is 0.505 e. The van der Waals surface area contributed by atoms with E-state index in [4.69, 9.17) is 0 Å². The van der Waals surface area contributed by atoms with Crippen LogP contribution in [-0.4, -0.2) is 57.2 Å². The van der Waals surface area contributed by atoms with Crippen molar-refractivity contribution in [1.29, 1.82) is 0 Å². The van der Waals surface area contributed by atoms with E-state index in [1.165, 1.54) is 54.7 Å². The van der Waals surface area contributed by atoms with Crippen LogP contribution in [-0.2, 0) is 0 Å². The lowest BCUT2D eigenvalue weighted by atomic mass is 10.2. The maximum absolute atomic E-state index is 11.2. The zero-order chi connectivity index (χ0) is 28.2. The number of hydrogen-bond donors (Lipinski definition) is 0. The standard InChI is InChI=1S/C20H16N10O8/c31-27(32)17-10-8-6-4-2-1-3-5-7-9-11-18(28(33)34)20(30(37)38)26-16-24-14-22-12-21-13-23-15-25-19(17)29(35)36/h1-16H/b2-1+,5-3+,6-4+,9-7-,10-8-,18-11+,21-13?,22-12?,23-15?,24-14?,25-19?,26-16-. The van der Waals surface area contributed by atoms with Crippen LogP contribution in [0.1, 0.15) is 0 Å². The van der Waals surface area contributed by atoms with Gasteiger partial charge in [0, 0.05) is 12.2 Å². The van der Waals surface area contributed by atoms with Gasteiger partial charge in [0.2, 0.25) is 6.34 Å². The van der Waals surface area contributed by atoms with E-state index in [2.05, 4.69) is 30.0 Å². The summed E-state index contributed by atoms with van der Waals surface area (Å²) in [6.45, 7) is 0. The van der Waals surface area contributed by atoms with Crippen LogP contribution in [0.4, 0.5) is 0 Å². The van der Waals surface area contributed by atoms with Gasteiger partial charge in [-0.1, -0.05) is 54.7 Å². The molecule has 1 rings (SSSR count). The predicted molar refractivity (Wildman–Crippen MR) is 138 cm³/mol. The Balaban J connectivity index is 3.32. The highest BCUT2D eigenvalue weighted by Crippen LogP contribution is 2.16. The number of rotatable bonds is 3. The lowest BCUT2D eigenvalue weighted by Crippen LogP contribution is -2.26. The normalized spacial score (nSPS) is 22.7. The van der Waals surface area contributed by atoms with Crippen molar-refractivity contribution >= 4 is 37.5 Å². The highest BCUT2D eigenvalue weighted by molar-refractivity contribution is 5.94. The zero-order valence-electron chi connectivity index (χ0n) is 19.0. The number of hydrogen-bond acceptors (Lipinski definition) is 14. The van der Waals surface area contributed by atoms with Crippen LogP contribution in [0.2, 0.25) is 0 Å². The van der Waals surface area contributed by atoms with Gasteiger partial charge < -0.3 is 10.1 Å². The van der Waals surface area contributed by atoms with Gasteiger partial charge in [-0.15, -0.1) is 0 Å². The van der Waals surface area contributed by atoms with Crippen LogP contribution in [0.15, 0.2) is 102 Å². The molecular formula is C20H16N10O8. The van der Waals surface area contributed by atoms with Gasteiger partial charge in [0.1, 0.15) is 25.4 Å². The summed E-state index contributed by atoms with van der Waals surface area (Å²) in [7, 11) is 0. The van der Waals surface area contributed by atoms with Gasteiger partial charge in [-0.05, 0) is 9.92 Å². The van der Waals surface area contributed by atoms with Crippen molar-refractivity contribution < 1.29 is 19.7 Å². The van der Waals surface area contributed by atoms with Crippen LogP contribution in [0.25, 0.3) is 0 Å². The molecule has 38 heavy (non-hydrogen) atoms. The highest BCUT2D eigenvalue weighted by atomic mass is 16.7. The number of allylic oxidation sites excluding steroid dienone is 10. The number of aliphatic imine (C=N–C) groups is 6. The molecule has 2 radical (unpaired) electrons. The van der Waals surface area contributed by atoms with Crippen LogP contribution >= 0.6 is 0 Å². The average molecular weight is 524 g/mol. The third-order valence-corrected chi connectivity index (χ3v) is 3.49. The summed E-state index contributed by atoms with van der Waals surface area (Å²) in [5.74, 6) is -1.07. The van der Waals surface area contributed by atoms with Gasteiger partial charge in [-0.25, -0.2) is 20.0 Å². The topological polar surface area (TPSA) is 247 Å². The fraction of sp³-hybridized carbons (Fsp3) is 0.